The fourth-order valence-corrected chi connectivity index (χ4v) is 4.06. The Morgan fingerprint density at radius 1 is 1.18 bits per heavy atom. The van der Waals surface area contributed by atoms with Gasteiger partial charge in [-0.05, 0) is 43.2 Å². The Morgan fingerprint density at radius 2 is 1.91 bits per heavy atom. The van der Waals surface area contributed by atoms with Crippen LogP contribution in [0.25, 0.3) is 0 Å². The van der Waals surface area contributed by atoms with Gasteiger partial charge in [-0.15, -0.1) is 0 Å². The molecule has 118 valence electrons. The number of aliphatic carboxylic acids is 1. The van der Waals surface area contributed by atoms with Gasteiger partial charge in [0.25, 0.3) is 0 Å². The molecule has 0 saturated heterocycles. The number of hydrogen-bond acceptors (Lipinski definition) is 2. The molecule has 0 bridgehead atoms. The second-order valence-electron chi connectivity index (χ2n) is 6.69. The smallest absolute Gasteiger partial charge is 0.305 e. The molecule has 1 unspecified atom stereocenters. The van der Waals surface area contributed by atoms with E-state index in [1.807, 2.05) is 18.2 Å². The minimum atomic E-state index is -0.828. The molecule has 0 heterocycles. The molecular formula is C18H23NO3. The first kappa shape index (κ1) is 15.1. The van der Waals surface area contributed by atoms with E-state index in [1.54, 1.807) is 0 Å². The van der Waals surface area contributed by atoms with Gasteiger partial charge in [-0.2, -0.15) is 0 Å². The Kier molecular flexibility index (Phi) is 4.19. The molecule has 2 N–H and O–H groups in total. The van der Waals surface area contributed by atoms with Crippen LogP contribution in [-0.4, -0.2) is 22.5 Å². The minimum absolute atomic E-state index is 0.00954. The number of rotatable bonds is 4. The lowest BCUT2D eigenvalue weighted by Gasteiger charge is -2.32. The van der Waals surface area contributed by atoms with Crippen LogP contribution in [0, 0.1) is 0 Å². The Bertz CT molecular complexity index is 575. The highest BCUT2D eigenvalue weighted by Crippen LogP contribution is 2.36. The summed E-state index contributed by atoms with van der Waals surface area (Å²) in [5, 5.41) is 12.3. The maximum absolute atomic E-state index is 12.8. The van der Waals surface area contributed by atoms with Crippen molar-refractivity contribution in [2.24, 2.45) is 0 Å². The summed E-state index contributed by atoms with van der Waals surface area (Å²) >= 11 is 0. The molecule has 0 aliphatic heterocycles. The Morgan fingerprint density at radius 3 is 2.64 bits per heavy atom. The summed E-state index contributed by atoms with van der Waals surface area (Å²) in [4.78, 5) is 24.0. The summed E-state index contributed by atoms with van der Waals surface area (Å²) in [7, 11) is 0. The normalized spacial score (nSPS) is 22.8. The van der Waals surface area contributed by atoms with Crippen molar-refractivity contribution in [1.82, 2.24) is 5.32 Å². The lowest BCUT2D eigenvalue weighted by Crippen LogP contribution is -2.49. The standard InChI is InChI=1S/C18H23NO3/c20-16(21)12-18(10-3-4-11-18)19-17(22)15-9-5-7-13-6-1-2-8-14(13)15/h1-2,6,8,15H,3-5,7,9-12H2,(H,19,22)(H,20,21). The van der Waals surface area contributed by atoms with Gasteiger partial charge >= 0.3 is 5.97 Å². The first-order valence-electron chi connectivity index (χ1n) is 8.21. The molecule has 4 heteroatoms. The predicted molar refractivity (Wildman–Crippen MR) is 83.7 cm³/mol. The summed E-state index contributed by atoms with van der Waals surface area (Å²) in [5.74, 6) is -0.947. The van der Waals surface area contributed by atoms with Crippen molar-refractivity contribution in [3.63, 3.8) is 0 Å². The highest BCUT2D eigenvalue weighted by Gasteiger charge is 2.39. The molecule has 2 aliphatic carbocycles. The largest absolute Gasteiger partial charge is 0.481 e. The molecule has 1 aromatic carbocycles. The van der Waals surface area contributed by atoms with Gasteiger partial charge in [0.05, 0.1) is 17.9 Å². The van der Waals surface area contributed by atoms with Crippen LogP contribution in [-0.2, 0) is 16.0 Å². The number of carboxylic acids is 1. The number of benzene rings is 1. The Balaban J connectivity index is 1.78. The van der Waals surface area contributed by atoms with Gasteiger partial charge in [-0.25, -0.2) is 0 Å². The van der Waals surface area contributed by atoms with Gasteiger partial charge in [0, 0.05) is 0 Å². The average molecular weight is 301 g/mol. The molecular weight excluding hydrogens is 278 g/mol. The Hall–Kier alpha value is -1.84. The van der Waals surface area contributed by atoms with Crippen molar-refractivity contribution in [2.75, 3.05) is 0 Å². The quantitative estimate of drug-likeness (QED) is 0.898. The van der Waals surface area contributed by atoms with Crippen molar-refractivity contribution in [1.29, 1.82) is 0 Å². The van der Waals surface area contributed by atoms with E-state index in [1.165, 1.54) is 5.56 Å². The van der Waals surface area contributed by atoms with Crippen LogP contribution in [0.2, 0.25) is 0 Å². The first-order valence-corrected chi connectivity index (χ1v) is 8.21. The second-order valence-corrected chi connectivity index (χ2v) is 6.69. The van der Waals surface area contributed by atoms with Crippen molar-refractivity contribution in [3.05, 3.63) is 35.4 Å². The van der Waals surface area contributed by atoms with E-state index in [9.17, 15) is 9.59 Å². The summed E-state index contributed by atoms with van der Waals surface area (Å²) in [6.07, 6.45) is 6.47. The number of nitrogens with one attached hydrogen (secondary N) is 1. The summed E-state index contributed by atoms with van der Waals surface area (Å²) < 4.78 is 0. The summed E-state index contributed by atoms with van der Waals surface area (Å²) in [6, 6.07) is 8.13. The summed E-state index contributed by atoms with van der Waals surface area (Å²) in [5.41, 5.74) is 1.84. The van der Waals surface area contributed by atoms with Gasteiger partial charge in [0.15, 0.2) is 0 Å². The van der Waals surface area contributed by atoms with E-state index in [4.69, 9.17) is 5.11 Å². The van der Waals surface area contributed by atoms with E-state index in [0.717, 1.165) is 50.5 Å². The molecule has 1 saturated carbocycles. The van der Waals surface area contributed by atoms with Crippen LogP contribution in [0.4, 0.5) is 0 Å². The fraction of sp³-hybridized carbons (Fsp3) is 0.556. The number of carbonyl (C=O) groups excluding carboxylic acids is 1. The van der Waals surface area contributed by atoms with Gasteiger partial charge in [0.2, 0.25) is 5.91 Å². The van der Waals surface area contributed by atoms with Crippen LogP contribution in [0.3, 0.4) is 0 Å². The topological polar surface area (TPSA) is 66.4 Å². The second kappa shape index (κ2) is 6.11. The fourth-order valence-electron chi connectivity index (χ4n) is 4.06. The monoisotopic (exact) mass is 301 g/mol. The maximum atomic E-state index is 12.8. The zero-order valence-electron chi connectivity index (χ0n) is 12.8. The zero-order valence-corrected chi connectivity index (χ0v) is 12.8. The molecule has 1 aromatic rings. The molecule has 4 nitrogen and oxygen atoms in total. The van der Waals surface area contributed by atoms with Crippen molar-refractivity contribution in [2.45, 2.75) is 62.8 Å². The molecule has 0 spiro atoms. The number of carbonyl (C=O) groups is 2. The van der Waals surface area contributed by atoms with E-state index in [-0.39, 0.29) is 18.2 Å². The third kappa shape index (κ3) is 3.01. The molecule has 0 radical (unpaired) electrons. The molecule has 22 heavy (non-hydrogen) atoms. The van der Waals surface area contributed by atoms with Crippen LogP contribution >= 0.6 is 0 Å². The first-order chi connectivity index (χ1) is 10.6. The SMILES string of the molecule is O=C(O)CC1(NC(=O)C2CCCc3ccccc32)CCCC1. The van der Waals surface area contributed by atoms with Crippen LogP contribution < -0.4 is 5.32 Å². The molecule has 1 amide bonds. The highest BCUT2D eigenvalue weighted by atomic mass is 16.4. The average Bonchev–Trinajstić information content (AvgIpc) is 2.93. The lowest BCUT2D eigenvalue weighted by atomic mass is 9.81. The number of fused-ring (bicyclic) bond motifs is 1. The summed E-state index contributed by atoms with van der Waals surface area (Å²) in [6.45, 7) is 0. The van der Waals surface area contributed by atoms with Crippen LogP contribution in [0.1, 0.15) is 62.0 Å². The number of aryl methyl sites for hydroxylation is 1. The molecule has 1 fully saturated rings. The van der Waals surface area contributed by atoms with Gasteiger partial charge in [-0.3, -0.25) is 9.59 Å². The minimum Gasteiger partial charge on any atom is -0.481 e. The third-order valence-electron chi connectivity index (χ3n) is 5.12. The van der Waals surface area contributed by atoms with Gasteiger partial charge in [0.1, 0.15) is 0 Å². The number of carboxylic acid groups (broad SMARTS) is 1. The predicted octanol–water partition coefficient (Wildman–Crippen LogP) is 3.01. The van der Waals surface area contributed by atoms with E-state index in [0.29, 0.717) is 0 Å². The van der Waals surface area contributed by atoms with E-state index in [2.05, 4.69) is 11.4 Å². The van der Waals surface area contributed by atoms with Gasteiger partial charge < -0.3 is 10.4 Å². The highest BCUT2D eigenvalue weighted by molar-refractivity contribution is 5.85. The van der Waals surface area contributed by atoms with Crippen molar-refractivity contribution in [3.8, 4) is 0 Å². The van der Waals surface area contributed by atoms with Crippen LogP contribution in [0.15, 0.2) is 24.3 Å². The number of amides is 1. The Labute approximate surface area is 130 Å². The molecule has 0 aromatic heterocycles. The van der Waals surface area contributed by atoms with Gasteiger partial charge in [-0.1, -0.05) is 37.1 Å². The van der Waals surface area contributed by atoms with Crippen LogP contribution in [0.5, 0.6) is 0 Å². The van der Waals surface area contributed by atoms with E-state index >= 15 is 0 Å². The number of hydrogen-bond donors (Lipinski definition) is 2. The molecule has 1 atom stereocenters. The third-order valence-corrected chi connectivity index (χ3v) is 5.12. The van der Waals surface area contributed by atoms with Crippen molar-refractivity contribution < 1.29 is 14.7 Å². The molecule has 3 rings (SSSR count). The van der Waals surface area contributed by atoms with Crippen molar-refractivity contribution >= 4 is 11.9 Å². The lowest BCUT2D eigenvalue weighted by molar-refractivity contribution is -0.139. The maximum Gasteiger partial charge on any atom is 0.305 e. The molecule has 2 aliphatic rings. The van der Waals surface area contributed by atoms with E-state index < -0.39 is 11.5 Å². The zero-order chi connectivity index (χ0) is 15.6.